The summed E-state index contributed by atoms with van der Waals surface area (Å²) in [5, 5.41) is 0. The van der Waals surface area contributed by atoms with Gasteiger partial charge >= 0.3 is 5.97 Å². The van der Waals surface area contributed by atoms with Crippen molar-refractivity contribution in [2.24, 2.45) is 11.8 Å². The minimum Gasteiger partial charge on any atom is -0.497 e. The highest BCUT2D eigenvalue weighted by Crippen LogP contribution is 2.43. The molecule has 0 N–H and O–H groups in total. The minimum atomic E-state index is -0.0571. The van der Waals surface area contributed by atoms with Gasteiger partial charge in [-0.05, 0) is 93.2 Å². The van der Waals surface area contributed by atoms with Crippen LogP contribution >= 0.6 is 0 Å². The molecule has 1 aromatic carbocycles. The van der Waals surface area contributed by atoms with Crippen LogP contribution in [0.3, 0.4) is 0 Å². The molecule has 1 aromatic rings. The third-order valence-electron chi connectivity index (χ3n) is 6.60. The molecular weight excluding hydrogens is 336 g/mol. The molecule has 3 nitrogen and oxygen atoms in total. The van der Waals surface area contributed by atoms with E-state index in [9.17, 15) is 4.79 Å². The van der Waals surface area contributed by atoms with E-state index in [1.54, 1.807) is 13.2 Å². The van der Waals surface area contributed by atoms with Crippen LogP contribution in [0.15, 0.2) is 36.9 Å². The van der Waals surface area contributed by atoms with Crippen molar-refractivity contribution < 1.29 is 14.3 Å². The molecule has 0 amide bonds. The topological polar surface area (TPSA) is 35.5 Å². The molecule has 2 aliphatic rings. The summed E-state index contributed by atoms with van der Waals surface area (Å²) in [5.41, 5.74) is 1.46. The van der Waals surface area contributed by atoms with E-state index in [1.807, 2.05) is 0 Å². The molecule has 0 saturated heterocycles. The summed E-state index contributed by atoms with van der Waals surface area (Å²) in [4.78, 5) is 11.8. The van der Waals surface area contributed by atoms with E-state index in [4.69, 9.17) is 9.47 Å². The second-order valence-electron chi connectivity index (χ2n) is 8.24. The monoisotopic (exact) mass is 370 g/mol. The Hall–Kier alpha value is -1.77. The Balaban J connectivity index is 1.40. The first-order valence-electron chi connectivity index (χ1n) is 10.6. The summed E-state index contributed by atoms with van der Waals surface area (Å²) in [6, 6.07) is 8.63. The summed E-state index contributed by atoms with van der Waals surface area (Å²) in [5.74, 6) is 3.27. The number of esters is 1. The van der Waals surface area contributed by atoms with Gasteiger partial charge in [-0.2, -0.15) is 0 Å². The molecule has 0 aliphatic heterocycles. The van der Waals surface area contributed by atoms with Gasteiger partial charge < -0.3 is 9.47 Å². The Kier molecular flexibility index (Phi) is 7.37. The van der Waals surface area contributed by atoms with Gasteiger partial charge in [0.25, 0.3) is 0 Å². The van der Waals surface area contributed by atoms with Gasteiger partial charge in [-0.25, -0.2) is 0 Å². The van der Waals surface area contributed by atoms with E-state index in [0.29, 0.717) is 18.8 Å². The molecular formula is C24H34O3. The summed E-state index contributed by atoms with van der Waals surface area (Å²) < 4.78 is 10.9. The van der Waals surface area contributed by atoms with Crippen molar-refractivity contribution in [2.45, 2.75) is 76.2 Å². The van der Waals surface area contributed by atoms with Gasteiger partial charge in [-0.3, -0.25) is 4.79 Å². The number of methoxy groups -OCH3 is 1. The number of allylic oxidation sites excluding steroid dienone is 1. The van der Waals surface area contributed by atoms with Crippen LogP contribution in [-0.4, -0.2) is 19.2 Å². The molecule has 27 heavy (non-hydrogen) atoms. The molecule has 3 rings (SSSR count). The van der Waals surface area contributed by atoms with E-state index in [-0.39, 0.29) is 12.1 Å². The second-order valence-corrected chi connectivity index (χ2v) is 8.24. The van der Waals surface area contributed by atoms with Crippen LogP contribution in [0.2, 0.25) is 0 Å². The fraction of sp³-hybridized carbons (Fsp3) is 0.625. The molecule has 0 aromatic heterocycles. The first-order valence-corrected chi connectivity index (χ1v) is 10.6. The molecule has 2 aliphatic carbocycles. The average Bonchev–Trinajstić information content (AvgIpc) is 2.73. The van der Waals surface area contributed by atoms with E-state index in [0.717, 1.165) is 30.4 Å². The van der Waals surface area contributed by atoms with Crippen LogP contribution in [0, 0.1) is 11.8 Å². The van der Waals surface area contributed by atoms with Crippen LogP contribution in [0.4, 0.5) is 0 Å². The van der Waals surface area contributed by atoms with Gasteiger partial charge in [0, 0.05) is 6.42 Å². The lowest BCUT2D eigenvalue weighted by Gasteiger charge is -2.37. The number of rotatable bonds is 7. The highest BCUT2D eigenvalue weighted by atomic mass is 16.5. The Morgan fingerprint density at radius 2 is 1.59 bits per heavy atom. The lowest BCUT2D eigenvalue weighted by molar-refractivity contribution is -0.151. The SMILES string of the molecule is C=CCCC(=O)OC1CCC([C@H]2CC[C@H](c3ccc(OC)cc3)CC2)CC1. The maximum atomic E-state index is 11.8. The van der Waals surface area contributed by atoms with Gasteiger partial charge in [0.15, 0.2) is 0 Å². The molecule has 2 saturated carbocycles. The zero-order valence-electron chi connectivity index (χ0n) is 16.7. The summed E-state index contributed by atoms with van der Waals surface area (Å²) in [6.07, 6.45) is 12.9. The highest BCUT2D eigenvalue weighted by Gasteiger charge is 2.32. The molecule has 148 valence electrons. The standard InChI is InChI=1S/C24H34O3/c1-3-4-5-24(25)27-23-16-12-21(13-17-23)19-8-6-18(7-9-19)20-10-14-22(26-2)15-11-20/h3,10-11,14-15,18-19,21,23H,1,4-9,12-13,16-17H2,2H3/t18-,19-,21?,23?. The average molecular weight is 371 g/mol. The largest absolute Gasteiger partial charge is 0.497 e. The fourth-order valence-corrected chi connectivity index (χ4v) is 4.94. The molecule has 2 fully saturated rings. The van der Waals surface area contributed by atoms with Crippen LogP contribution in [0.5, 0.6) is 5.75 Å². The van der Waals surface area contributed by atoms with Crippen LogP contribution in [0.1, 0.15) is 75.7 Å². The fourth-order valence-electron chi connectivity index (χ4n) is 4.94. The smallest absolute Gasteiger partial charge is 0.306 e. The predicted octanol–water partition coefficient (Wildman–Crippen LogP) is 6.04. The van der Waals surface area contributed by atoms with Gasteiger partial charge in [0.2, 0.25) is 0 Å². The van der Waals surface area contributed by atoms with E-state index < -0.39 is 0 Å². The van der Waals surface area contributed by atoms with Crippen molar-refractivity contribution in [1.29, 1.82) is 0 Å². The minimum absolute atomic E-state index is 0.0571. The number of benzene rings is 1. The maximum absolute atomic E-state index is 11.8. The zero-order valence-corrected chi connectivity index (χ0v) is 16.7. The lowest BCUT2D eigenvalue weighted by atomic mass is 9.69. The second kappa shape index (κ2) is 9.96. The van der Waals surface area contributed by atoms with Crippen molar-refractivity contribution in [1.82, 2.24) is 0 Å². The normalized spacial score (nSPS) is 28.3. The van der Waals surface area contributed by atoms with Crippen LogP contribution in [-0.2, 0) is 9.53 Å². The van der Waals surface area contributed by atoms with E-state index in [2.05, 4.69) is 30.8 Å². The lowest BCUT2D eigenvalue weighted by Crippen LogP contribution is -2.29. The summed E-state index contributed by atoms with van der Waals surface area (Å²) in [7, 11) is 1.72. The molecule has 3 heteroatoms. The van der Waals surface area contributed by atoms with Crippen molar-refractivity contribution >= 4 is 5.97 Å². The number of hydrogen-bond acceptors (Lipinski definition) is 3. The third-order valence-corrected chi connectivity index (χ3v) is 6.60. The van der Waals surface area contributed by atoms with E-state index >= 15 is 0 Å². The van der Waals surface area contributed by atoms with Gasteiger partial charge in [-0.15, -0.1) is 6.58 Å². The first-order chi connectivity index (χ1) is 13.2. The quantitative estimate of drug-likeness (QED) is 0.434. The number of hydrogen-bond donors (Lipinski definition) is 0. The van der Waals surface area contributed by atoms with Crippen molar-refractivity contribution in [3.63, 3.8) is 0 Å². The molecule has 0 bridgehead atoms. The van der Waals surface area contributed by atoms with Crippen molar-refractivity contribution in [3.05, 3.63) is 42.5 Å². The Morgan fingerprint density at radius 3 is 2.15 bits per heavy atom. The molecule has 0 unspecified atom stereocenters. The van der Waals surface area contributed by atoms with Crippen LogP contribution in [0.25, 0.3) is 0 Å². The summed E-state index contributed by atoms with van der Waals surface area (Å²) in [6.45, 7) is 3.66. The Morgan fingerprint density at radius 1 is 1.00 bits per heavy atom. The predicted molar refractivity (Wildman–Crippen MR) is 109 cm³/mol. The van der Waals surface area contributed by atoms with Gasteiger partial charge in [-0.1, -0.05) is 18.2 Å². The van der Waals surface area contributed by atoms with Crippen molar-refractivity contribution in [2.75, 3.05) is 7.11 Å². The maximum Gasteiger partial charge on any atom is 0.306 e. The Labute approximate surface area is 164 Å². The molecule has 0 spiro atoms. The van der Waals surface area contributed by atoms with Crippen molar-refractivity contribution in [3.8, 4) is 5.75 Å². The molecule has 0 heterocycles. The number of carbonyl (C=O) groups excluding carboxylic acids is 1. The Bertz CT molecular complexity index is 591. The molecule has 0 radical (unpaired) electrons. The van der Waals surface area contributed by atoms with E-state index in [1.165, 1.54) is 44.1 Å². The third kappa shape index (κ3) is 5.60. The summed E-state index contributed by atoms with van der Waals surface area (Å²) >= 11 is 0. The first kappa shape index (κ1) is 20.0. The number of carbonyl (C=O) groups is 1. The van der Waals surface area contributed by atoms with Crippen LogP contribution < -0.4 is 4.74 Å². The van der Waals surface area contributed by atoms with Gasteiger partial charge in [0.1, 0.15) is 11.9 Å². The number of ether oxygens (including phenoxy) is 2. The highest BCUT2D eigenvalue weighted by molar-refractivity contribution is 5.69. The molecule has 0 atom stereocenters. The van der Waals surface area contributed by atoms with Gasteiger partial charge in [0.05, 0.1) is 7.11 Å². The zero-order chi connectivity index (χ0) is 19.1.